The van der Waals surface area contributed by atoms with Crippen LogP contribution < -0.4 is 4.74 Å². The Morgan fingerprint density at radius 2 is 2.11 bits per heavy atom. The average Bonchev–Trinajstić information content (AvgIpc) is 2.67. The van der Waals surface area contributed by atoms with Crippen molar-refractivity contribution in [2.75, 3.05) is 20.2 Å². The van der Waals surface area contributed by atoms with Gasteiger partial charge < -0.3 is 14.7 Å². The van der Waals surface area contributed by atoms with Crippen LogP contribution in [0.25, 0.3) is 0 Å². The number of hydrogen-bond acceptors (Lipinski definition) is 5. The number of aliphatic hydroxyl groups is 1. The Labute approximate surface area is 161 Å². The molecule has 1 aliphatic heterocycles. The van der Waals surface area contributed by atoms with E-state index in [0.29, 0.717) is 30.7 Å². The molecule has 1 fully saturated rings. The van der Waals surface area contributed by atoms with E-state index < -0.39 is 10.5 Å². The zero-order chi connectivity index (χ0) is 19.6. The van der Waals surface area contributed by atoms with Crippen molar-refractivity contribution in [1.29, 1.82) is 0 Å². The number of benzene rings is 2. The van der Waals surface area contributed by atoms with E-state index in [1.54, 1.807) is 31.4 Å². The molecule has 1 atom stereocenters. The van der Waals surface area contributed by atoms with Crippen molar-refractivity contribution in [1.82, 2.24) is 4.90 Å². The lowest BCUT2D eigenvalue weighted by molar-refractivity contribution is -0.384. The molecule has 3 rings (SSSR count). The maximum absolute atomic E-state index is 12.9. The zero-order valence-corrected chi connectivity index (χ0v) is 15.5. The van der Waals surface area contributed by atoms with Crippen molar-refractivity contribution in [2.24, 2.45) is 0 Å². The number of ether oxygens (including phenoxy) is 1. The summed E-state index contributed by atoms with van der Waals surface area (Å²) in [4.78, 5) is 24.8. The first-order valence-electron chi connectivity index (χ1n) is 8.44. The van der Waals surface area contributed by atoms with Gasteiger partial charge in [-0.05, 0) is 42.7 Å². The molecule has 142 valence electrons. The molecule has 7 nitrogen and oxygen atoms in total. The van der Waals surface area contributed by atoms with Crippen LogP contribution in [0, 0.1) is 10.1 Å². The molecule has 27 heavy (non-hydrogen) atoms. The molecule has 0 spiro atoms. The van der Waals surface area contributed by atoms with Crippen molar-refractivity contribution in [3.63, 3.8) is 0 Å². The second kappa shape index (κ2) is 7.54. The number of halogens is 1. The summed E-state index contributed by atoms with van der Waals surface area (Å²) in [5.74, 6) is 0.244. The largest absolute Gasteiger partial charge is 0.497 e. The van der Waals surface area contributed by atoms with Crippen LogP contribution in [0.1, 0.15) is 28.8 Å². The van der Waals surface area contributed by atoms with E-state index in [9.17, 15) is 20.0 Å². The van der Waals surface area contributed by atoms with E-state index in [1.807, 2.05) is 0 Å². The fourth-order valence-corrected chi connectivity index (χ4v) is 3.51. The summed E-state index contributed by atoms with van der Waals surface area (Å²) in [6, 6.07) is 11.1. The summed E-state index contributed by atoms with van der Waals surface area (Å²) in [6.45, 7) is 0.553. The number of nitrogens with zero attached hydrogens (tertiary/aromatic N) is 2. The third-order valence-corrected chi connectivity index (χ3v) is 5.07. The van der Waals surface area contributed by atoms with Crippen molar-refractivity contribution in [3.05, 3.63) is 68.7 Å². The van der Waals surface area contributed by atoms with E-state index >= 15 is 0 Å². The minimum absolute atomic E-state index is 0.0249. The Hall–Kier alpha value is -2.64. The number of methoxy groups -OCH3 is 1. The summed E-state index contributed by atoms with van der Waals surface area (Å²) >= 11 is 5.82. The van der Waals surface area contributed by atoms with E-state index in [0.717, 1.165) is 0 Å². The smallest absolute Gasteiger partial charge is 0.288 e. The van der Waals surface area contributed by atoms with E-state index in [-0.39, 0.29) is 28.7 Å². The monoisotopic (exact) mass is 390 g/mol. The highest BCUT2D eigenvalue weighted by Gasteiger charge is 2.37. The van der Waals surface area contributed by atoms with Crippen molar-refractivity contribution in [3.8, 4) is 5.75 Å². The Bertz CT molecular complexity index is 888. The lowest BCUT2D eigenvalue weighted by Crippen LogP contribution is -2.48. The molecular weight excluding hydrogens is 372 g/mol. The van der Waals surface area contributed by atoms with Gasteiger partial charge in [0.1, 0.15) is 16.4 Å². The highest BCUT2D eigenvalue weighted by molar-refractivity contribution is 6.32. The van der Waals surface area contributed by atoms with Gasteiger partial charge in [-0.1, -0.05) is 23.7 Å². The summed E-state index contributed by atoms with van der Waals surface area (Å²) in [5, 5.41) is 22.2. The van der Waals surface area contributed by atoms with E-state index in [4.69, 9.17) is 16.3 Å². The number of piperidine rings is 1. The Morgan fingerprint density at radius 1 is 1.33 bits per heavy atom. The predicted octanol–water partition coefficient (Wildman–Crippen LogP) is 3.38. The Balaban J connectivity index is 1.86. The molecule has 2 aromatic rings. The summed E-state index contributed by atoms with van der Waals surface area (Å²) in [5.41, 5.74) is -0.689. The molecule has 2 aromatic carbocycles. The van der Waals surface area contributed by atoms with Gasteiger partial charge >= 0.3 is 0 Å². The SMILES string of the molecule is COc1cccc(C2(O)CCCN(C(=O)c3ccc(Cl)c([N+](=O)[O-])c3)C2)c1. The van der Waals surface area contributed by atoms with Crippen molar-refractivity contribution < 1.29 is 19.6 Å². The van der Waals surface area contributed by atoms with Crippen LogP contribution in [0.2, 0.25) is 5.02 Å². The number of nitro benzene ring substituents is 1. The van der Waals surface area contributed by atoms with Gasteiger partial charge in [0.15, 0.2) is 0 Å². The molecule has 1 saturated heterocycles. The van der Waals surface area contributed by atoms with Crippen LogP contribution in [0.4, 0.5) is 5.69 Å². The highest BCUT2D eigenvalue weighted by atomic mass is 35.5. The molecule has 8 heteroatoms. The van der Waals surface area contributed by atoms with Gasteiger partial charge in [-0.15, -0.1) is 0 Å². The van der Waals surface area contributed by atoms with Gasteiger partial charge in [0, 0.05) is 18.2 Å². The highest BCUT2D eigenvalue weighted by Crippen LogP contribution is 2.34. The fraction of sp³-hybridized carbons (Fsp3) is 0.316. The van der Waals surface area contributed by atoms with Crippen LogP contribution >= 0.6 is 11.6 Å². The second-order valence-corrected chi connectivity index (χ2v) is 6.92. The normalized spacial score (nSPS) is 19.6. The molecule has 1 aliphatic rings. The zero-order valence-electron chi connectivity index (χ0n) is 14.7. The molecular formula is C19H19ClN2O5. The molecule has 1 heterocycles. The molecule has 0 aromatic heterocycles. The molecule has 1 unspecified atom stereocenters. The minimum Gasteiger partial charge on any atom is -0.497 e. The van der Waals surface area contributed by atoms with Gasteiger partial charge in [-0.2, -0.15) is 0 Å². The molecule has 1 N–H and O–H groups in total. The van der Waals surface area contributed by atoms with Crippen LogP contribution in [-0.4, -0.2) is 41.0 Å². The van der Waals surface area contributed by atoms with Gasteiger partial charge in [-0.3, -0.25) is 14.9 Å². The van der Waals surface area contributed by atoms with E-state index in [2.05, 4.69) is 0 Å². The Morgan fingerprint density at radius 3 is 2.81 bits per heavy atom. The topological polar surface area (TPSA) is 92.9 Å². The fourth-order valence-electron chi connectivity index (χ4n) is 3.33. The summed E-state index contributed by atoms with van der Waals surface area (Å²) in [6.07, 6.45) is 1.11. The van der Waals surface area contributed by atoms with Gasteiger partial charge in [-0.25, -0.2) is 0 Å². The molecule has 0 aliphatic carbocycles. The van der Waals surface area contributed by atoms with Crippen LogP contribution in [0.15, 0.2) is 42.5 Å². The maximum atomic E-state index is 12.9. The van der Waals surface area contributed by atoms with Gasteiger partial charge in [0.25, 0.3) is 11.6 Å². The number of hydrogen-bond donors (Lipinski definition) is 1. The van der Waals surface area contributed by atoms with Crippen LogP contribution in [0.5, 0.6) is 5.75 Å². The van der Waals surface area contributed by atoms with Crippen LogP contribution in [-0.2, 0) is 5.60 Å². The third kappa shape index (κ3) is 3.89. The summed E-state index contributed by atoms with van der Waals surface area (Å²) < 4.78 is 5.21. The lowest BCUT2D eigenvalue weighted by atomic mass is 9.85. The minimum atomic E-state index is -1.21. The number of likely N-dealkylation sites (tertiary alicyclic amines) is 1. The van der Waals surface area contributed by atoms with Crippen molar-refractivity contribution in [2.45, 2.75) is 18.4 Å². The second-order valence-electron chi connectivity index (χ2n) is 6.52. The molecule has 0 radical (unpaired) electrons. The van der Waals surface area contributed by atoms with Crippen molar-refractivity contribution >= 4 is 23.2 Å². The first kappa shape index (κ1) is 19.1. The Kier molecular flexibility index (Phi) is 5.34. The molecule has 1 amide bonds. The maximum Gasteiger partial charge on any atom is 0.288 e. The number of amides is 1. The standard InChI is InChI=1S/C19H19ClN2O5/c1-27-15-5-2-4-14(11-15)19(24)8-3-9-21(12-19)18(23)13-6-7-16(20)17(10-13)22(25)26/h2,4-7,10-11,24H,3,8-9,12H2,1H3. The number of carbonyl (C=O) groups excluding carboxylic acids is 1. The lowest BCUT2D eigenvalue weighted by Gasteiger charge is -2.39. The number of rotatable bonds is 4. The number of carbonyl (C=O) groups is 1. The quantitative estimate of drug-likeness (QED) is 0.638. The van der Waals surface area contributed by atoms with Gasteiger partial charge in [0.05, 0.1) is 18.6 Å². The first-order valence-corrected chi connectivity index (χ1v) is 8.82. The van der Waals surface area contributed by atoms with Crippen LogP contribution in [0.3, 0.4) is 0 Å². The molecule has 0 bridgehead atoms. The van der Waals surface area contributed by atoms with E-state index in [1.165, 1.54) is 23.1 Å². The third-order valence-electron chi connectivity index (χ3n) is 4.75. The van der Waals surface area contributed by atoms with Gasteiger partial charge in [0.2, 0.25) is 0 Å². The average molecular weight is 391 g/mol. The summed E-state index contributed by atoms with van der Waals surface area (Å²) in [7, 11) is 1.55. The molecule has 0 saturated carbocycles. The number of nitro groups is 1. The first-order chi connectivity index (χ1) is 12.8. The predicted molar refractivity (Wildman–Crippen MR) is 100 cm³/mol. The number of β-amino-alcohol motifs (C(OH)–C–C–N with tert-alkyl or cyclic N) is 1.